The van der Waals surface area contributed by atoms with E-state index < -0.39 is 0 Å². The molecule has 0 rings (SSSR count). The van der Waals surface area contributed by atoms with Gasteiger partial charge in [0.25, 0.3) is 0 Å². The van der Waals surface area contributed by atoms with Crippen LogP contribution in [0.3, 0.4) is 0 Å². The lowest BCUT2D eigenvalue weighted by Gasteiger charge is -2.30. The van der Waals surface area contributed by atoms with Crippen molar-refractivity contribution in [1.82, 2.24) is 4.90 Å². The number of rotatable bonds is 7. The molecule has 0 saturated heterocycles. The van der Waals surface area contributed by atoms with E-state index in [0.717, 1.165) is 13.2 Å². The molecule has 0 aliphatic carbocycles. The Kier molecular flexibility index (Phi) is 7.23. The molecule has 0 aromatic rings. The monoisotopic (exact) mass is 188 g/mol. The maximum atomic E-state index is 5.35. The summed E-state index contributed by atoms with van der Waals surface area (Å²) in [6.07, 6.45) is 0. The number of nitrogens with zero attached hydrogens (tertiary/aromatic N) is 1. The van der Waals surface area contributed by atoms with Gasteiger partial charge in [0.15, 0.2) is 0 Å². The normalized spacial score (nSPS) is 12.0. The lowest BCUT2D eigenvalue weighted by Crippen LogP contribution is -2.39. The molecule has 0 radical (unpaired) electrons. The van der Waals surface area contributed by atoms with Crippen LogP contribution in [0, 0.1) is 0 Å². The number of hydrogen-bond donors (Lipinski definition) is 1. The fourth-order valence-electron chi connectivity index (χ4n) is 1.47. The fraction of sp³-hybridized carbons (Fsp3) is 1.00. The number of ether oxygens (including phenoxy) is 1. The van der Waals surface area contributed by atoms with Crippen LogP contribution in [0.15, 0.2) is 0 Å². The van der Waals surface area contributed by atoms with Crippen LogP contribution in [0.4, 0.5) is 0 Å². The summed E-state index contributed by atoms with van der Waals surface area (Å²) in [4.78, 5) is 2.41. The molecule has 13 heavy (non-hydrogen) atoms. The highest BCUT2D eigenvalue weighted by molar-refractivity contribution is 4.66. The molecule has 0 bridgehead atoms. The van der Waals surface area contributed by atoms with Gasteiger partial charge in [0.1, 0.15) is 0 Å². The topological polar surface area (TPSA) is 38.5 Å². The van der Waals surface area contributed by atoms with Crippen LogP contribution in [0.5, 0.6) is 0 Å². The first-order valence-electron chi connectivity index (χ1n) is 5.13. The first kappa shape index (κ1) is 12.9. The summed E-state index contributed by atoms with van der Waals surface area (Å²) in [7, 11) is 0. The van der Waals surface area contributed by atoms with E-state index in [9.17, 15) is 0 Å². The average molecular weight is 188 g/mol. The molecule has 3 heteroatoms. The summed E-state index contributed by atoms with van der Waals surface area (Å²) in [6, 6.07) is 1.17. The fourth-order valence-corrected chi connectivity index (χ4v) is 1.47. The lowest BCUT2D eigenvalue weighted by atomic mass is 10.2. The van der Waals surface area contributed by atoms with Crippen molar-refractivity contribution < 1.29 is 4.74 Å². The summed E-state index contributed by atoms with van der Waals surface area (Å²) in [5.41, 5.74) is 5.33. The van der Waals surface area contributed by atoms with Gasteiger partial charge in [0, 0.05) is 25.2 Å². The summed E-state index contributed by atoms with van der Waals surface area (Å²) >= 11 is 0. The Hall–Kier alpha value is -0.120. The van der Waals surface area contributed by atoms with Gasteiger partial charge in [-0.25, -0.2) is 0 Å². The van der Waals surface area contributed by atoms with Crippen molar-refractivity contribution in [3.05, 3.63) is 0 Å². The van der Waals surface area contributed by atoms with Crippen LogP contribution in [0.1, 0.15) is 27.7 Å². The summed E-state index contributed by atoms with van der Waals surface area (Å²) in [6.45, 7) is 11.9. The Bertz CT molecular complexity index is 107. The SMILES string of the molecule is CC(C)N(CCOCCN)C(C)C. The minimum absolute atomic E-state index is 0.585. The van der Waals surface area contributed by atoms with Gasteiger partial charge in [-0.2, -0.15) is 0 Å². The molecule has 0 aliphatic rings. The van der Waals surface area contributed by atoms with Crippen LogP contribution in [-0.2, 0) is 4.74 Å². The van der Waals surface area contributed by atoms with Crippen molar-refractivity contribution in [1.29, 1.82) is 0 Å². The first-order chi connectivity index (χ1) is 6.09. The van der Waals surface area contributed by atoms with Crippen LogP contribution in [0.2, 0.25) is 0 Å². The third-order valence-electron chi connectivity index (χ3n) is 2.08. The third-order valence-corrected chi connectivity index (χ3v) is 2.08. The molecule has 0 aliphatic heterocycles. The first-order valence-corrected chi connectivity index (χ1v) is 5.13. The Labute approximate surface area is 82.2 Å². The predicted molar refractivity (Wildman–Crippen MR) is 56.9 cm³/mol. The van der Waals surface area contributed by atoms with Gasteiger partial charge in [-0.1, -0.05) is 0 Å². The zero-order chi connectivity index (χ0) is 10.3. The maximum Gasteiger partial charge on any atom is 0.0594 e. The van der Waals surface area contributed by atoms with Crippen LogP contribution < -0.4 is 5.73 Å². The van der Waals surface area contributed by atoms with Crippen molar-refractivity contribution in [2.24, 2.45) is 5.73 Å². The Morgan fingerprint density at radius 2 is 1.62 bits per heavy atom. The third kappa shape index (κ3) is 6.02. The van der Waals surface area contributed by atoms with Crippen molar-refractivity contribution in [2.75, 3.05) is 26.3 Å². The van der Waals surface area contributed by atoms with Gasteiger partial charge >= 0.3 is 0 Å². The van der Waals surface area contributed by atoms with Crippen LogP contribution in [-0.4, -0.2) is 43.3 Å². The molecule has 0 saturated carbocycles. The molecule has 2 N–H and O–H groups in total. The molecule has 0 unspecified atom stereocenters. The Morgan fingerprint density at radius 1 is 1.08 bits per heavy atom. The van der Waals surface area contributed by atoms with E-state index in [4.69, 9.17) is 10.5 Å². The van der Waals surface area contributed by atoms with Gasteiger partial charge in [-0.05, 0) is 27.7 Å². The van der Waals surface area contributed by atoms with Crippen molar-refractivity contribution in [3.8, 4) is 0 Å². The van der Waals surface area contributed by atoms with Gasteiger partial charge in [-0.3, -0.25) is 4.90 Å². The zero-order valence-corrected chi connectivity index (χ0v) is 9.42. The highest BCUT2D eigenvalue weighted by atomic mass is 16.5. The van der Waals surface area contributed by atoms with E-state index in [-0.39, 0.29) is 0 Å². The average Bonchev–Trinajstić information content (AvgIpc) is 2.02. The van der Waals surface area contributed by atoms with E-state index in [1.54, 1.807) is 0 Å². The summed E-state index contributed by atoms with van der Waals surface area (Å²) < 4.78 is 5.35. The Morgan fingerprint density at radius 3 is 2.00 bits per heavy atom. The Balaban J connectivity index is 3.58. The summed E-state index contributed by atoms with van der Waals surface area (Å²) in [5, 5.41) is 0. The second-order valence-corrected chi connectivity index (χ2v) is 3.83. The summed E-state index contributed by atoms with van der Waals surface area (Å²) in [5.74, 6) is 0. The van der Waals surface area contributed by atoms with Gasteiger partial charge in [-0.15, -0.1) is 0 Å². The molecule has 0 amide bonds. The van der Waals surface area contributed by atoms with Crippen LogP contribution >= 0.6 is 0 Å². The van der Waals surface area contributed by atoms with Crippen molar-refractivity contribution in [2.45, 2.75) is 39.8 Å². The molecule has 0 aromatic carbocycles. The molecule has 0 fully saturated rings. The standard InChI is InChI=1S/C10H24N2O/c1-9(2)12(10(3)4)6-8-13-7-5-11/h9-10H,5-8,11H2,1-4H3. The molecule has 3 nitrogen and oxygen atoms in total. The van der Waals surface area contributed by atoms with Crippen molar-refractivity contribution >= 4 is 0 Å². The predicted octanol–water partition coefficient (Wildman–Crippen LogP) is 1.08. The largest absolute Gasteiger partial charge is 0.379 e. The quantitative estimate of drug-likeness (QED) is 0.608. The molecular formula is C10H24N2O. The van der Waals surface area contributed by atoms with E-state index in [2.05, 4.69) is 32.6 Å². The van der Waals surface area contributed by atoms with E-state index in [1.165, 1.54) is 0 Å². The van der Waals surface area contributed by atoms with E-state index in [1.807, 2.05) is 0 Å². The lowest BCUT2D eigenvalue weighted by molar-refractivity contribution is 0.0823. The second kappa shape index (κ2) is 7.30. The molecule has 0 aromatic heterocycles. The highest BCUT2D eigenvalue weighted by Gasteiger charge is 2.11. The maximum absolute atomic E-state index is 5.35. The minimum atomic E-state index is 0.585. The number of nitrogens with two attached hydrogens (primary N) is 1. The van der Waals surface area contributed by atoms with E-state index >= 15 is 0 Å². The molecular weight excluding hydrogens is 164 g/mol. The highest BCUT2D eigenvalue weighted by Crippen LogP contribution is 2.03. The molecule has 80 valence electrons. The molecule has 0 heterocycles. The number of hydrogen-bond acceptors (Lipinski definition) is 3. The van der Waals surface area contributed by atoms with E-state index in [0.29, 0.717) is 25.2 Å². The second-order valence-electron chi connectivity index (χ2n) is 3.83. The van der Waals surface area contributed by atoms with Gasteiger partial charge < -0.3 is 10.5 Å². The van der Waals surface area contributed by atoms with Crippen LogP contribution in [0.25, 0.3) is 0 Å². The zero-order valence-electron chi connectivity index (χ0n) is 9.42. The smallest absolute Gasteiger partial charge is 0.0594 e. The molecule has 0 atom stereocenters. The van der Waals surface area contributed by atoms with Crippen molar-refractivity contribution in [3.63, 3.8) is 0 Å². The minimum Gasteiger partial charge on any atom is -0.379 e. The van der Waals surface area contributed by atoms with Gasteiger partial charge in [0.05, 0.1) is 13.2 Å². The van der Waals surface area contributed by atoms with Gasteiger partial charge in [0.2, 0.25) is 0 Å². The molecule has 0 spiro atoms.